The lowest BCUT2D eigenvalue weighted by Crippen LogP contribution is -2.70. The summed E-state index contributed by atoms with van der Waals surface area (Å²) in [5.74, 6) is -0.438. The summed E-state index contributed by atoms with van der Waals surface area (Å²) in [5.41, 5.74) is -0.0644. The molecule has 1 N–H and O–H groups in total. The Morgan fingerprint density at radius 1 is 1.32 bits per heavy atom. The molecule has 3 aromatic rings. The monoisotopic (exact) mass is 496 g/mol. The average Bonchev–Trinajstić information content (AvgIpc) is 3.17. The van der Waals surface area contributed by atoms with Crippen LogP contribution >= 0.6 is 11.3 Å². The van der Waals surface area contributed by atoms with Crippen molar-refractivity contribution in [3.63, 3.8) is 0 Å². The Bertz CT molecular complexity index is 1260. The number of rotatable bonds is 5. The van der Waals surface area contributed by atoms with Crippen LogP contribution < -0.4 is 9.64 Å². The van der Waals surface area contributed by atoms with Crippen molar-refractivity contribution in [3.8, 4) is 16.3 Å². The predicted molar refractivity (Wildman–Crippen MR) is 114 cm³/mol. The first kappa shape index (κ1) is 21.5. The minimum atomic E-state index is -4.94. The summed E-state index contributed by atoms with van der Waals surface area (Å²) >= 11 is 1.32. The van der Waals surface area contributed by atoms with Crippen LogP contribution in [0.1, 0.15) is 24.8 Å². The number of alkyl halides is 3. The van der Waals surface area contributed by atoms with Crippen LogP contribution in [0.2, 0.25) is 0 Å². The summed E-state index contributed by atoms with van der Waals surface area (Å²) in [5, 5.41) is 11.7. The largest absolute Gasteiger partial charge is 0.573 e. The molecule has 1 aliphatic carbocycles. The molecular weight excluding hydrogens is 477 g/mol. The summed E-state index contributed by atoms with van der Waals surface area (Å²) < 4.78 is 56.5. The molecule has 2 bridgehead atoms. The minimum Gasteiger partial charge on any atom is -0.465 e. The smallest absolute Gasteiger partial charge is 0.465 e. The second kappa shape index (κ2) is 7.22. The number of carboxylic acid groups (broad SMARTS) is 1. The molecule has 4 fully saturated rings. The van der Waals surface area contributed by atoms with Gasteiger partial charge in [0.1, 0.15) is 5.01 Å². The Hall–Kier alpha value is -3.06. The first-order chi connectivity index (χ1) is 16.2. The lowest BCUT2D eigenvalue weighted by molar-refractivity contribution is -0.274. The highest BCUT2D eigenvalue weighted by Crippen LogP contribution is 2.55. The Balaban J connectivity index is 1.50. The third kappa shape index (κ3) is 3.28. The van der Waals surface area contributed by atoms with Gasteiger partial charge in [-0.05, 0) is 25.3 Å². The number of thiazole rings is 1. The van der Waals surface area contributed by atoms with Crippen LogP contribution in [0, 0.1) is 0 Å². The van der Waals surface area contributed by atoms with E-state index in [4.69, 9.17) is 9.15 Å². The molecule has 2 aromatic heterocycles. The maximum absolute atomic E-state index is 13.5. The van der Waals surface area contributed by atoms with E-state index in [0.29, 0.717) is 36.5 Å². The number of aromatic nitrogens is 2. The average molecular weight is 496 g/mol. The highest BCUT2D eigenvalue weighted by molar-refractivity contribution is 7.13. The van der Waals surface area contributed by atoms with Crippen LogP contribution in [-0.2, 0) is 10.3 Å². The first-order valence-corrected chi connectivity index (χ1v) is 11.5. The van der Waals surface area contributed by atoms with Gasteiger partial charge in [0, 0.05) is 37.3 Å². The van der Waals surface area contributed by atoms with Gasteiger partial charge in [-0.1, -0.05) is 0 Å². The van der Waals surface area contributed by atoms with Crippen molar-refractivity contribution in [1.29, 1.82) is 0 Å². The van der Waals surface area contributed by atoms with E-state index in [0.717, 1.165) is 6.42 Å². The predicted octanol–water partition coefficient (Wildman–Crippen LogP) is 4.43. The molecule has 13 heteroatoms. The fraction of sp³-hybridized carbons (Fsp3) is 0.476. The van der Waals surface area contributed by atoms with Crippen LogP contribution in [-0.4, -0.2) is 64.7 Å². The Morgan fingerprint density at radius 2 is 2.06 bits per heavy atom. The van der Waals surface area contributed by atoms with Crippen molar-refractivity contribution in [2.75, 3.05) is 25.1 Å². The van der Waals surface area contributed by atoms with E-state index < -0.39 is 23.8 Å². The standard InChI is InChI=1S/C21H19F3N4O5S/c1-31-20(2-3-20)13-7-12(17-25-4-5-34-17)15-14(16(13)33-21(22,23)24)26-18(32-15)27-8-10-6-11(9-27)28(10)19(29)30/h4-5,7,10-11H,2-3,6,8-9H2,1H3,(H,29,30). The molecule has 7 rings (SSSR count). The van der Waals surface area contributed by atoms with Crippen LogP contribution in [0.15, 0.2) is 22.1 Å². The second-order valence-electron chi connectivity index (χ2n) is 8.70. The van der Waals surface area contributed by atoms with Gasteiger partial charge in [-0.15, -0.1) is 24.5 Å². The SMILES string of the molecule is COC1(c2cc(-c3nccs3)c3oc(N4CC5CC(C4)N5C(=O)O)nc3c2OC(F)(F)F)CC1. The summed E-state index contributed by atoms with van der Waals surface area (Å²) in [6.07, 6.45) is -2.50. The molecule has 180 valence electrons. The number of carbonyl (C=O) groups is 1. The number of methoxy groups -OCH3 is 1. The van der Waals surface area contributed by atoms with E-state index in [-0.39, 0.29) is 34.8 Å². The second-order valence-corrected chi connectivity index (χ2v) is 9.59. The summed E-state index contributed by atoms with van der Waals surface area (Å²) in [7, 11) is 1.46. The zero-order valence-electron chi connectivity index (χ0n) is 17.8. The van der Waals surface area contributed by atoms with E-state index in [2.05, 4.69) is 14.7 Å². The molecule has 0 radical (unpaired) electrons. The van der Waals surface area contributed by atoms with E-state index in [1.54, 1.807) is 22.5 Å². The minimum absolute atomic E-state index is 0.0623. The molecule has 34 heavy (non-hydrogen) atoms. The van der Waals surface area contributed by atoms with Gasteiger partial charge >= 0.3 is 12.5 Å². The third-order valence-corrected chi connectivity index (χ3v) is 7.57. The van der Waals surface area contributed by atoms with Gasteiger partial charge in [0.05, 0.1) is 23.2 Å². The summed E-state index contributed by atoms with van der Waals surface area (Å²) in [6.45, 7) is 0.680. The number of piperidine rings is 1. The molecule has 4 aliphatic rings. The van der Waals surface area contributed by atoms with Gasteiger partial charge in [-0.25, -0.2) is 9.78 Å². The Kier molecular flexibility index (Phi) is 4.56. The quantitative estimate of drug-likeness (QED) is 0.554. The molecule has 2 unspecified atom stereocenters. The highest BCUT2D eigenvalue weighted by Gasteiger charge is 2.51. The van der Waals surface area contributed by atoms with Crippen molar-refractivity contribution < 1.29 is 37.0 Å². The Morgan fingerprint density at radius 3 is 2.62 bits per heavy atom. The molecule has 2 atom stereocenters. The van der Waals surface area contributed by atoms with Gasteiger partial charge in [0.2, 0.25) is 0 Å². The van der Waals surface area contributed by atoms with Gasteiger partial charge in [-0.2, -0.15) is 4.98 Å². The van der Waals surface area contributed by atoms with Crippen molar-refractivity contribution in [3.05, 3.63) is 23.2 Å². The number of nitrogens with zero attached hydrogens (tertiary/aromatic N) is 4. The number of fused-ring (bicyclic) bond motifs is 3. The molecule has 1 aromatic carbocycles. The number of oxazole rings is 1. The first-order valence-electron chi connectivity index (χ1n) is 10.6. The molecule has 0 spiro atoms. The number of benzene rings is 1. The van der Waals surface area contributed by atoms with Gasteiger partial charge in [0.15, 0.2) is 16.8 Å². The van der Waals surface area contributed by atoms with Gasteiger partial charge in [0.25, 0.3) is 6.01 Å². The lowest BCUT2D eigenvalue weighted by Gasteiger charge is -2.54. The third-order valence-electron chi connectivity index (χ3n) is 6.76. The number of hydrogen-bond donors (Lipinski definition) is 1. The van der Waals surface area contributed by atoms with Crippen LogP contribution in [0.25, 0.3) is 21.7 Å². The maximum atomic E-state index is 13.5. The molecule has 3 saturated heterocycles. The summed E-state index contributed by atoms with van der Waals surface area (Å²) in [4.78, 5) is 23.4. The van der Waals surface area contributed by atoms with Crippen molar-refractivity contribution >= 4 is 34.5 Å². The van der Waals surface area contributed by atoms with Gasteiger partial charge in [-0.3, -0.25) is 4.90 Å². The summed E-state index contributed by atoms with van der Waals surface area (Å²) in [6, 6.07) is 1.29. The molecular formula is C21H19F3N4O5S. The molecule has 1 amide bonds. The molecule has 1 saturated carbocycles. The Labute approximate surface area is 194 Å². The number of amides is 1. The molecule has 9 nitrogen and oxygen atoms in total. The molecule has 5 heterocycles. The van der Waals surface area contributed by atoms with E-state index in [9.17, 15) is 23.1 Å². The number of hydrogen-bond acceptors (Lipinski definition) is 8. The lowest BCUT2D eigenvalue weighted by atomic mass is 9.88. The van der Waals surface area contributed by atoms with E-state index in [1.165, 1.54) is 23.3 Å². The number of halogens is 3. The van der Waals surface area contributed by atoms with Crippen LogP contribution in [0.4, 0.5) is 24.0 Å². The fourth-order valence-corrected chi connectivity index (χ4v) is 5.68. The number of anilines is 1. The van der Waals surface area contributed by atoms with Gasteiger partial charge < -0.3 is 23.9 Å². The maximum Gasteiger partial charge on any atom is 0.573 e. The van der Waals surface area contributed by atoms with Crippen molar-refractivity contribution in [1.82, 2.24) is 14.9 Å². The highest BCUT2D eigenvalue weighted by atomic mass is 32.1. The van der Waals surface area contributed by atoms with Crippen LogP contribution in [0.3, 0.4) is 0 Å². The zero-order chi connectivity index (χ0) is 23.8. The zero-order valence-corrected chi connectivity index (χ0v) is 18.6. The van der Waals surface area contributed by atoms with Crippen molar-refractivity contribution in [2.24, 2.45) is 0 Å². The van der Waals surface area contributed by atoms with E-state index in [1.807, 2.05) is 0 Å². The van der Waals surface area contributed by atoms with Crippen LogP contribution in [0.5, 0.6) is 5.75 Å². The number of ether oxygens (including phenoxy) is 2. The normalized spacial score (nSPS) is 23.2. The molecule has 3 aliphatic heterocycles. The topological polar surface area (TPSA) is 101 Å². The van der Waals surface area contributed by atoms with E-state index >= 15 is 0 Å². The van der Waals surface area contributed by atoms with Crippen molar-refractivity contribution in [2.45, 2.75) is 43.3 Å². The number of piperazine rings is 1. The fourth-order valence-electron chi connectivity index (χ4n) is 5.03.